The van der Waals surface area contributed by atoms with Crippen molar-refractivity contribution in [1.82, 2.24) is 0 Å². The van der Waals surface area contributed by atoms with Crippen LogP contribution in [0.5, 0.6) is 5.75 Å². The molecule has 6 heteroatoms. The first-order chi connectivity index (χ1) is 9.86. The molecule has 0 radical (unpaired) electrons. The van der Waals surface area contributed by atoms with Gasteiger partial charge in [-0.3, -0.25) is 4.79 Å². The number of benzene rings is 2. The Morgan fingerprint density at radius 2 is 1.67 bits per heavy atom. The van der Waals surface area contributed by atoms with E-state index in [0.29, 0.717) is 11.1 Å². The molecule has 6 nitrogen and oxygen atoms in total. The summed E-state index contributed by atoms with van der Waals surface area (Å²) >= 11 is 0. The first-order valence-electron chi connectivity index (χ1n) is 5.99. The van der Waals surface area contributed by atoms with Crippen molar-refractivity contribution in [2.75, 3.05) is 7.11 Å². The van der Waals surface area contributed by atoms with Crippen LogP contribution in [0.2, 0.25) is 0 Å². The monoisotopic (exact) mass is 288 g/mol. The summed E-state index contributed by atoms with van der Waals surface area (Å²) in [6.45, 7) is 1.23. The van der Waals surface area contributed by atoms with Gasteiger partial charge in [-0.1, -0.05) is 6.07 Å². The van der Waals surface area contributed by atoms with E-state index in [-0.39, 0.29) is 22.1 Å². The minimum Gasteiger partial charge on any atom is -0.497 e. The molecule has 0 aliphatic heterocycles. The Bertz CT molecular complexity index is 775. The maximum Gasteiger partial charge on any atom is 0.337 e. The van der Waals surface area contributed by atoms with Crippen LogP contribution in [0.4, 0.5) is 0 Å². The number of rotatable bonds is 4. The number of aromatic carboxylic acids is 2. The third-order valence-corrected chi connectivity index (χ3v) is 3.15. The molecule has 0 aliphatic rings. The normalized spacial score (nSPS) is 10.4. The molecule has 2 N–H and O–H groups in total. The minimum absolute atomic E-state index is 0.0171. The zero-order valence-electron chi connectivity index (χ0n) is 11.3. The average Bonchev–Trinajstić information content (AvgIpc) is 2.43. The molecule has 0 amide bonds. The summed E-state index contributed by atoms with van der Waals surface area (Å²) < 4.78 is 5.01. The lowest BCUT2D eigenvalue weighted by molar-refractivity contribution is 0.0693. The second-order valence-corrected chi connectivity index (χ2v) is 4.43. The summed E-state index contributed by atoms with van der Waals surface area (Å²) in [5, 5.41) is 19.1. The molecule has 0 saturated heterocycles. The Morgan fingerprint density at radius 3 is 2.14 bits per heavy atom. The number of methoxy groups -OCH3 is 1. The van der Waals surface area contributed by atoms with Crippen molar-refractivity contribution in [3.63, 3.8) is 0 Å². The van der Waals surface area contributed by atoms with Crippen LogP contribution in [0.1, 0.15) is 38.0 Å². The Balaban J connectivity index is 3.03. The Morgan fingerprint density at radius 1 is 1.00 bits per heavy atom. The van der Waals surface area contributed by atoms with Crippen molar-refractivity contribution < 1.29 is 29.3 Å². The van der Waals surface area contributed by atoms with E-state index in [9.17, 15) is 24.6 Å². The van der Waals surface area contributed by atoms with Crippen molar-refractivity contribution >= 4 is 28.5 Å². The number of hydrogen-bond acceptors (Lipinski definition) is 4. The number of carbonyl (C=O) groups excluding carboxylic acids is 1. The first-order valence-corrected chi connectivity index (χ1v) is 5.99. The summed E-state index contributed by atoms with van der Waals surface area (Å²) in [5.74, 6) is -2.78. The fourth-order valence-electron chi connectivity index (χ4n) is 2.24. The number of Topliss-reactive ketones (excluding diaryl/α,β-unsaturated/α-hetero) is 1. The van der Waals surface area contributed by atoms with E-state index in [2.05, 4.69) is 0 Å². The second-order valence-electron chi connectivity index (χ2n) is 4.43. The van der Waals surface area contributed by atoms with Crippen molar-refractivity contribution in [3.05, 3.63) is 41.0 Å². The van der Waals surface area contributed by atoms with Crippen molar-refractivity contribution in [3.8, 4) is 5.75 Å². The van der Waals surface area contributed by atoms with Crippen molar-refractivity contribution in [2.24, 2.45) is 0 Å². The molecule has 2 rings (SSSR count). The molecule has 0 spiro atoms. The Labute approximate surface area is 119 Å². The van der Waals surface area contributed by atoms with Gasteiger partial charge in [-0.05, 0) is 30.5 Å². The SMILES string of the molecule is COc1cc(C(=O)O)c2c(C(=O)O)c(C(C)=O)ccc2c1. The summed E-state index contributed by atoms with van der Waals surface area (Å²) in [6.07, 6.45) is 0. The van der Waals surface area contributed by atoms with Gasteiger partial charge in [-0.15, -0.1) is 0 Å². The smallest absolute Gasteiger partial charge is 0.337 e. The van der Waals surface area contributed by atoms with Crippen LogP contribution in [-0.2, 0) is 0 Å². The molecule has 0 unspecified atom stereocenters. The predicted octanol–water partition coefficient (Wildman–Crippen LogP) is 2.45. The van der Waals surface area contributed by atoms with Crippen LogP contribution in [0.3, 0.4) is 0 Å². The van der Waals surface area contributed by atoms with E-state index < -0.39 is 17.7 Å². The van der Waals surface area contributed by atoms with Crippen molar-refractivity contribution in [2.45, 2.75) is 6.92 Å². The number of carboxylic acids is 2. The van der Waals surface area contributed by atoms with Crippen LogP contribution in [0.25, 0.3) is 10.8 Å². The van der Waals surface area contributed by atoms with E-state index in [0.717, 1.165) is 0 Å². The zero-order chi connectivity index (χ0) is 15.7. The van der Waals surface area contributed by atoms with E-state index in [4.69, 9.17) is 4.74 Å². The topological polar surface area (TPSA) is 101 Å². The van der Waals surface area contributed by atoms with Gasteiger partial charge in [0.1, 0.15) is 5.75 Å². The molecule has 2 aromatic rings. The Hall–Kier alpha value is -2.89. The van der Waals surface area contributed by atoms with E-state index >= 15 is 0 Å². The summed E-state index contributed by atoms with van der Waals surface area (Å²) in [5.41, 5.74) is -0.549. The summed E-state index contributed by atoms with van der Waals surface area (Å²) in [7, 11) is 1.38. The average molecular weight is 288 g/mol. The quantitative estimate of drug-likeness (QED) is 0.838. The first kappa shape index (κ1) is 14.5. The largest absolute Gasteiger partial charge is 0.497 e. The van der Waals surface area contributed by atoms with Gasteiger partial charge in [0.15, 0.2) is 5.78 Å². The molecule has 0 heterocycles. The molecule has 0 aliphatic carbocycles. The zero-order valence-corrected chi connectivity index (χ0v) is 11.3. The molecule has 0 fully saturated rings. The summed E-state index contributed by atoms with van der Waals surface area (Å²) in [6, 6.07) is 5.64. The highest BCUT2D eigenvalue weighted by atomic mass is 16.5. The van der Waals surface area contributed by atoms with Crippen LogP contribution in [0.15, 0.2) is 24.3 Å². The van der Waals surface area contributed by atoms with Gasteiger partial charge in [0, 0.05) is 10.9 Å². The van der Waals surface area contributed by atoms with Gasteiger partial charge in [0.05, 0.1) is 18.2 Å². The molecule has 108 valence electrons. The minimum atomic E-state index is -1.35. The molecule has 2 aromatic carbocycles. The highest BCUT2D eigenvalue weighted by molar-refractivity contribution is 6.18. The molecular weight excluding hydrogens is 276 g/mol. The summed E-state index contributed by atoms with van der Waals surface area (Å²) in [4.78, 5) is 34.5. The number of ether oxygens (including phenoxy) is 1. The standard InChI is InChI=1S/C15H12O6/c1-7(16)10-4-3-8-5-9(21-2)6-11(14(17)18)12(8)13(10)15(19)20/h3-6H,1-2H3,(H,17,18)(H,19,20). The van der Waals surface area contributed by atoms with Gasteiger partial charge < -0.3 is 14.9 Å². The Kier molecular flexibility index (Phi) is 3.62. The van der Waals surface area contributed by atoms with Gasteiger partial charge in [-0.2, -0.15) is 0 Å². The molecule has 21 heavy (non-hydrogen) atoms. The lowest BCUT2D eigenvalue weighted by atomic mass is 9.93. The maximum absolute atomic E-state index is 11.6. The molecule has 0 bridgehead atoms. The second kappa shape index (κ2) is 5.24. The fraction of sp³-hybridized carbons (Fsp3) is 0.133. The van der Waals surface area contributed by atoms with Crippen LogP contribution in [-0.4, -0.2) is 35.0 Å². The number of carboxylic acid groups (broad SMARTS) is 2. The van der Waals surface area contributed by atoms with Crippen LogP contribution in [0, 0.1) is 0 Å². The van der Waals surface area contributed by atoms with Crippen LogP contribution >= 0.6 is 0 Å². The van der Waals surface area contributed by atoms with Gasteiger partial charge in [0.25, 0.3) is 0 Å². The van der Waals surface area contributed by atoms with E-state index in [1.54, 1.807) is 0 Å². The lowest BCUT2D eigenvalue weighted by Gasteiger charge is -2.12. The molecule has 0 aromatic heterocycles. The van der Waals surface area contributed by atoms with Gasteiger partial charge in [-0.25, -0.2) is 9.59 Å². The number of ketones is 1. The number of carbonyl (C=O) groups is 3. The molecule has 0 saturated carbocycles. The van der Waals surface area contributed by atoms with Crippen molar-refractivity contribution in [1.29, 1.82) is 0 Å². The lowest BCUT2D eigenvalue weighted by Crippen LogP contribution is -2.10. The highest BCUT2D eigenvalue weighted by Crippen LogP contribution is 2.31. The fourth-order valence-corrected chi connectivity index (χ4v) is 2.24. The van der Waals surface area contributed by atoms with Gasteiger partial charge >= 0.3 is 11.9 Å². The maximum atomic E-state index is 11.6. The van der Waals surface area contributed by atoms with E-state index in [1.807, 2.05) is 0 Å². The highest BCUT2D eigenvalue weighted by Gasteiger charge is 2.22. The third-order valence-electron chi connectivity index (χ3n) is 3.15. The van der Waals surface area contributed by atoms with E-state index in [1.165, 1.54) is 38.3 Å². The molecular formula is C15H12O6. The van der Waals surface area contributed by atoms with Crippen LogP contribution < -0.4 is 4.74 Å². The third kappa shape index (κ3) is 2.43. The number of fused-ring (bicyclic) bond motifs is 1. The predicted molar refractivity (Wildman–Crippen MR) is 74.4 cm³/mol. The van der Waals surface area contributed by atoms with Gasteiger partial charge in [0.2, 0.25) is 0 Å². The molecule has 0 atom stereocenters. The number of hydrogen-bond donors (Lipinski definition) is 2.